The Morgan fingerprint density at radius 3 is 2.71 bits per heavy atom. The van der Waals surface area contributed by atoms with E-state index in [-0.39, 0.29) is 0 Å². The van der Waals surface area contributed by atoms with E-state index < -0.39 is 0 Å². The molecule has 3 heteroatoms. The number of anilines is 1. The van der Waals surface area contributed by atoms with Gasteiger partial charge in [-0.3, -0.25) is 4.90 Å². The highest BCUT2D eigenvalue weighted by atomic mass is 15.3. The molecule has 1 aromatic carbocycles. The molecule has 0 aliphatic carbocycles. The smallest absolute Gasteiger partial charge is 0.0366 e. The van der Waals surface area contributed by atoms with Crippen LogP contribution in [-0.2, 0) is 6.54 Å². The molecule has 2 saturated heterocycles. The second-order valence-corrected chi connectivity index (χ2v) is 6.47. The summed E-state index contributed by atoms with van der Waals surface area (Å²) in [6.45, 7) is 9.34. The van der Waals surface area contributed by atoms with Crippen molar-refractivity contribution >= 4 is 5.69 Å². The van der Waals surface area contributed by atoms with Gasteiger partial charge in [0.1, 0.15) is 0 Å². The monoisotopic (exact) mass is 287 g/mol. The van der Waals surface area contributed by atoms with Crippen molar-refractivity contribution in [3.05, 3.63) is 29.8 Å². The van der Waals surface area contributed by atoms with E-state index in [9.17, 15) is 0 Å². The second-order valence-electron chi connectivity index (χ2n) is 6.47. The first-order chi connectivity index (χ1) is 10.4. The lowest BCUT2D eigenvalue weighted by atomic mass is 10.1. The number of nitrogens with zero attached hydrogens (tertiary/aromatic N) is 2. The molecule has 1 aromatic rings. The molecule has 1 N–H and O–H groups in total. The van der Waals surface area contributed by atoms with Crippen LogP contribution >= 0.6 is 0 Å². The third-order valence-corrected chi connectivity index (χ3v) is 4.86. The molecule has 0 saturated carbocycles. The molecule has 0 amide bonds. The molecule has 2 fully saturated rings. The van der Waals surface area contributed by atoms with Gasteiger partial charge in [-0.25, -0.2) is 0 Å². The third-order valence-electron chi connectivity index (χ3n) is 4.86. The largest absolute Gasteiger partial charge is 0.370 e. The summed E-state index contributed by atoms with van der Waals surface area (Å²) in [6, 6.07) is 9.99. The molecule has 3 nitrogen and oxygen atoms in total. The van der Waals surface area contributed by atoms with E-state index in [0.717, 1.165) is 19.1 Å². The topological polar surface area (TPSA) is 18.5 Å². The molecule has 21 heavy (non-hydrogen) atoms. The van der Waals surface area contributed by atoms with Crippen molar-refractivity contribution in [2.75, 3.05) is 37.6 Å². The molecule has 0 aromatic heterocycles. The van der Waals surface area contributed by atoms with Gasteiger partial charge < -0.3 is 10.2 Å². The lowest BCUT2D eigenvalue weighted by molar-refractivity contribution is 0.273. The van der Waals surface area contributed by atoms with Gasteiger partial charge in [0.15, 0.2) is 0 Å². The van der Waals surface area contributed by atoms with E-state index in [2.05, 4.69) is 46.3 Å². The average Bonchev–Trinajstić information content (AvgIpc) is 2.85. The molecule has 1 unspecified atom stereocenters. The van der Waals surface area contributed by atoms with E-state index in [1.807, 2.05) is 0 Å². The predicted molar refractivity (Wildman–Crippen MR) is 89.9 cm³/mol. The van der Waals surface area contributed by atoms with E-state index in [1.54, 1.807) is 0 Å². The van der Waals surface area contributed by atoms with Crippen molar-refractivity contribution < 1.29 is 0 Å². The fourth-order valence-corrected chi connectivity index (χ4v) is 3.68. The number of benzene rings is 1. The third kappa shape index (κ3) is 3.78. The Morgan fingerprint density at radius 2 is 1.90 bits per heavy atom. The maximum atomic E-state index is 3.47. The van der Waals surface area contributed by atoms with Crippen LogP contribution in [0.15, 0.2) is 24.3 Å². The van der Waals surface area contributed by atoms with Crippen LogP contribution in [0.25, 0.3) is 0 Å². The highest BCUT2D eigenvalue weighted by Crippen LogP contribution is 2.25. The molecule has 3 rings (SSSR count). The standard InChI is InChI=1S/C18H29N3/c1-2-10-19-14-16-6-8-17(9-7-16)21-13-4-12-20-11-3-5-18(20)15-21/h6-9,18-19H,2-5,10-15H2,1H3. The number of fused-ring (bicyclic) bond motifs is 1. The molecule has 0 spiro atoms. The summed E-state index contributed by atoms with van der Waals surface area (Å²) in [4.78, 5) is 5.29. The Morgan fingerprint density at radius 1 is 1.10 bits per heavy atom. The summed E-state index contributed by atoms with van der Waals surface area (Å²) in [6.07, 6.45) is 5.27. The first-order valence-corrected chi connectivity index (χ1v) is 8.65. The summed E-state index contributed by atoms with van der Waals surface area (Å²) < 4.78 is 0. The van der Waals surface area contributed by atoms with Crippen LogP contribution in [0.1, 0.15) is 38.2 Å². The van der Waals surface area contributed by atoms with Gasteiger partial charge >= 0.3 is 0 Å². The Hall–Kier alpha value is -1.06. The summed E-state index contributed by atoms with van der Waals surface area (Å²) in [5.41, 5.74) is 2.80. The zero-order valence-corrected chi connectivity index (χ0v) is 13.4. The summed E-state index contributed by atoms with van der Waals surface area (Å²) >= 11 is 0. The average molecular weight is 287 g/mol. The van der Waals surface area contributed by atoms with Crippen molar-refractivity contribution in [3.63, 3.8) is 0 Å². The Kier molecular flexibility index (Phi) is 5.15. The van der Waals surface area contributed by atoms with Crippen molar-refractivity contribution in [1.29, 1.82) is 0 Å². The quantitative estimate of drug-likeness (QED) is 0.840. The fraction of sp³-hybridized carbons (Fsp3) is 0.667. The van der Waals surface area contributed by atoms with Crippen LogP contribution in [0, 0.1) is 0 Å². The van der Waals surface area contributed by atoms with Gasteiger partial charge in [0.25, 0.3) is 0 Å². The second kappa shape index (κ2) is 7.28. The molecule has 116 valence electrons. The SMILES string of the molecule is CCCNCc1ccc(N2CCCN3CCCC3C2)cc1. The van der Waals surface area contributed by atoms with Gasteiger partial charge in [-0.1, -0.05) is 19.1 Å². The zero-order valence-electron chi connectivity index (χ0n) is 13.4. The molecule has 2 aliphatic rings. The fourth-order valence-electron chi connectivity index (χ4n) is 3.68. The van der Waals surface area contributed by atoms with Gasteiger partial charge in [0.2, 0.25) is 0 Å². The Balaban J connectivity index is 1.60. The minimum Gasteiger partial charge on any atom is -0.370 e. The first-order valence-electron chi connectivity index (χ1n) is 8.65. The Labute approximate surface area is 129 Å². The van der Waals surface area contributed by atoms with Crippen LogP contribution in [0.2, 0.25) is 0 Å². The number of hydrogen-bond donors (Lipinski definition) is 1. The van der Waals surface area contributed by atoms with Gasteiger partial charge in [0, 0.05) is 37.9 Å². The summed E-state index contributed by atoms with van der Waals surface area (Å²) in [5, 5.41) is 3.47. The molecular formula is C18H29N3. The van der Waals surface area contributed by atoms with Gasteiger partial charge in [-0.15, -0.1) is 0 Å². The van der Waals surface area contributed by atoms with E-state index in [4.69, 9.17) is 0 Å². The molecule has 2 heterocycles. The minimum atomic E-state index is 0.790. The highest BCUT2D eigenvalue weighted by molar-refractivity contribution is 5.48. The number of hydrogen-bond acceptors (Lipinski definition) is 3. The van der Waals surface area contributed by atoms with Crippen molar-refractivity contribution in [3.8, 4) is 0 Å². The van der Waals surface area contributed by atoms with Gasteiger partial charge in [0.05, 0.1) is 0 Å². The van der Waals surface area contributed by atoms with Crippen molar-refractivity contribution in [1.82, 2.24) is 10.2 Å². The zero-order chi connectivity index (χ0) is 14.5. The summed E-state index contributed by atoms with van der Waals surface area (Å²) in [7, 11) is 0. The van der Waals surface area contributed by atoms with E-state index in [0.29, 0.717) is 0 Å². The molecule has 0 radical (unpaired) electrons. The van der Waals surface area contributed by atoms with Gasteiger partial charge in [-0.2, -0.15) is 0 Å². The normalized spacial score (nSPS) is 23.1. The van der Waals surface area contributed by atoms with Crippen LogP contribution in [0.5, 0.6) is 0 Å². The minimum absolute atomic E-state index is 0.790. The lowest BCUT2D eigenvalue weighted by Gasteiger charge is -2.27. The number of rotatable bonds is 5. The molecule has 0 bridgehead atoms. The maximum absolute atomic E-state index is 3.47. The lowest BCUT2D eigenvalue weighted by Crippen LogP contribution is -2.36. The number of nitrogens with one attached hydrogen (secondary N) is 1. The molecule has 2 aliphatic heterocycles. The van der Waals surface area contributed by atoms with E-state index >= 15 is 0 Å². The Bertz CT molecular complexity index is 429. The summed E-state index contributed by atoms with van der Waals surface area (Å²) in [5.74, 6) is 0. The first kappa shape index (κ1) is 14.9. The van der Waals surface area contributed by atoms with Crippen LogP contribution in [0.3, 0.4) is 0 Å². The van der Waals surface area contributed by atoms with Crippen molar-refractivity contribution in [2.24, 2.45) is 0 Å². The van der Waals surface area contributed by atoms with Crippen LogP contribution < -0.4 is 10.2 Å². The predicted octanol–water partition coefficient (Wildman–Crippen LogP) is 2.86. The van der Waals surface area contributed by atoms with E-state index in [1.165, 1.54) is 63.1 Å². The van der Waals surface area contributed by atoms with Crippen molar-refractivity contribution in [2.45, 2.75) is 45.2 Å². The highest BCUT2D eigenvalue weighted by Gasteiger charge is 2.28. The maximum Gasteiger partial charge on any atom is 0.0366 e. The van der Waals surface area contributed by atoms with Crippen LogP contribution in [0.4, 0.5) is 5.69 Å². The van der Waals surface area contributed by atoms with Gasteiger partial charge in [-0.05, 0) is 56.5 Å². The molecular weight excluding hydrogens is 258 g/mol. The van der Waals surface area contributed by atoms with Crippen LogP contribution in [-0.4, -0.2) is 43.7 Å². The molecule has 1 atom stereocenters.